The van der Waals surface area contributed by atoms with Gasteiger partial charge < -0.3 is 4.74 Å². The lowest BCUT2D eigenvalue weighted by Gasteiger charge is -2.16. The van der Waals surface area contributed by atoms with Gasteiger partial charge in [0, 0.05) is 10.0 Å². The zero-order valence-corrected chi connectivity index (χ0v) is 19.2. The van der Waals surface area contributed by atoms with Gasteiger partial charge in [0.1, 0.15) is 11.6 Å². The molecular formula is C22H23BrFN3O2S. The molecule has 1 aliphatic heterocycles. The number of rotatable bonds is 8. The summed E-state index contributed by atoms with van der Waals surface area (Å²) in [5.41, 5.74) is 1.62. The summed E-state index contributed by atoms with van der Waals surface area (Å²) in [5.74, 6) is 0.399. The maximum Gasteiger partial charge on any atom is 0.242 e. The zero-order chi connectivity index (χ0) is 21.5. The molecule has 2 aromatic rings. The van der Waals surface area contributed by atoms with Crippen molar-refractivity contribution >= 4 is 45.0 Å². The van der Waals surface area contributed by atoms with E-state index in [0.29, 0.717) is 17.5 Å². The fourth-order valence-corrected chi connectivity index (χ4v) is 4.55. The van der Waals surface area contributed by atoms with E-state index in [1.165, 1.54) is 23.9 Å². The highest BCUT2D eigenvalue weighted by Gasteiger charge is 2.37. The number of ether oxygens (including phenoxy) is 1. The predicted molar refractivity (Wildman–Crippen MR) is 124 cm³/mol. The zero-order valence-electron chi connectivity index (χ0n) is 16.8. The largest absolute Gasteiger partial charge is 0.496 e. The second-order valence-corrected chi connectivity index (χ2v) is 8.90. The minimum atomic E-state index is -0.303. The lowest BCUT2D eigenvalue weighted by Crippen LogP contribution is -2.31. The van der Waals surface area contributed by atoms with Crippen molar-refractivity contribution in [3.63, 3.8) is 0 Å². The third kappa shape index (κ3) is 5.70. The van der Waals surface area contributed by atoms with E-state index in [1.54, 1.807) is 30.4 Å². The van der Waals surface area contributed by atoms with E-state index >= 15 is 0 Å². The van der Waals surface area contributed by atoms with Crippen LogP contribution in [0.3, 0.4) is 0 Å². The van der Waals surface area contributed by atoms with Gasteiger partial charge in [-0.05, 0) is 42.3 Å². The van der Waals surface area contributed by atoms with E-state index < -0.39 is 0 Å². The summed E-state index contributed by atoms with van der Waals surface area (Å²) in [6, 6.07) is 11.8. The summed E-state index contributed by atoms with van der Waals surface area (Å²) < 4.78 is 19.5. The lowest BCUT2D eigenvalue weighted by molar-refractivity contribution is -0.126. The van der Waals surface area contributed by atoms with Crippen LogP contribution in [0.1, 0.15) is 37.3 Å². The molecule has 1 atom stereocenters. The quantitative estimate of drug-likeness (QED) is 0.355. The number of amidine groups is 1. The van der Waals surface area contributed by atoms with E-state index in [0.717, 1.165) is 34.9 Å². The van der Waals surface area contributed by atoms with Gasteiger partial charge in [0.15, 0.2) is 5.17 Å². The van der Waals surface area contributed by atoms with Crippen molar-refractivity contribution < 1.29 is 13.9 Å². The molecule has 1 amide bonds. The van der Waals surface area contributed by atoms with Crippen molar-refractivity contribution in [1.29, 1.82) is 0 Å². The highest BCUT2D eigenvalue weighted by atomic mass is 79.9. The number of carbonyl (C=O) groups is 1. The van der Waals surface area contributed by atoms with Crippen LogP contribution in [-0.2, 0) is 11.3 Å². The molecule has 0 bridgehead atoms. The van der Waals surface area contributed by atoms with Crippen LogP contribution in [0.2, 0.25) is 0 Å². The number of halogens is 2. The molecule has 0 spiro atoms. The fourth-order valence-electron chi connectivity index (χ4n) is 3.02. The van der Waals surface area contributed by atoms with Gasteiger partial charge in [0.25, 0.3) is 0 Å². The van der Waals surface area contributed by atoms with E-state index in [1.807, 2.05) is 18.2 Å². The molecule has 0 radical (unpaired) electrons. The predicted octanol–water partition coefficient (Wildman–Crippen LogP) is 5.62. The molecule has 3 rings (SSSR count). The van der Waals surface area contributed by atoms with Gasteiger partial charge in [0.2, 0.25) is 5.91 Å². The Hall–Kier alpha value is -2.19. The van der Waals surface area contributed by atoms with Crippen LogP contribution in [-0.4, -0.2) is 34.5 Å². The molecule has 30 heavy (non-hydrogen) atoms. The first kappa shape index (κ1) is 22.5. The van der Waals surface area contributed by atoms with Gasteiger partial charge in [-0.1, -0.05) is 59.6 Å². The van der Waals surface area contributed by atoms with Gasteiger partial charge in [-0.3, -0.25) is 9.69 Å². The summed E-state index contributed by atoms with van der Waals surface area (Å²) in [6.45, 7) is 2.44. The summed E-state index contributed by atoms with van der Waals surface area (Å²) >= 11 is 4.87. The van der Waals surface area contributed by atoms with Crippen molar-refractivity contribution in [2.45, 2.75) is 38.0 Å². The van der Waals surface area contributed by atoms with Crippen LogP contribution in [0.15, 0.2) is 57.1 Å². The number of carbonyl (C=O) groups excluding carboxylic acids is 1. The number of amides is 1. The summed E-state index contributed by atoms with van der Waals surface area (Å²) in [5, 5.41) is 8.94. The number of unbranched alkanes of at least 4 members (excludes halogenated alkanes) is 1. The van der Waals surface area contributed by atoms with E-state index in [2.05, 4.69) is 33.1 Å². The molecule has 158 valence electrons. The normalized spacial score (nSPS) is 18.0. The SMILES string of the molecule is CCCCC1S/C(=N\N=C\c2cc(Br)ccc2OC)N(Cc2ccc(F)cc2)C1=O. The topological polar surface area (TPSA) is 54.3 Å². The number of hydrogen-bond acceptors (Lipinski definition) is 5. The maximum absolute atomic E-state index is 13.2. The third-order valence-corrected chi connectivity index (χ3v) is 6.35. The van der Waals surface area contributed by atoms with Crippen LogP contribution < -0.4 is 4.74 Å². The van der Waals surface area contributed by atoms with Crippen molar-refractivity contribution in [3.05, 3.63) is 63.9 Å². The first-order chi connectivity index (χ1) is 14.5. The van der Waals surface area contributed by atoms with Crippen LogP contribution in [0, 0.1) is 5.82 Å². The fraction of sp³-hybridized carbons (Fsp3) is 0.318. The average molecular weight is 492 g/mol. The molecule has 8 heteroatoms. The van der Waals surface area contributed by atoms with Gasteiger partial charge in [-0.15, -0.1) is 5.10 Å². The molecule has 1 unspecified atom stereocenters. The van der Waals surface area contributed by atoms with E-state index in [-0.39, 0.29) is 17.0 Å². The van der Waals surface area contributed by atoms with E-state index in [4.69, 9.17) is 4.74 Å². The Morgan fingerprint density at radius 3 is 2.73 bits per heavy atom. The van der Waals surface area contributed by atoms with Gasteiger partial charge in [0.05, 0.1) is 25.1 Å². The standard InChI is InChI=1S/C22H23BrFN3O2S/c1-3-4-5-20-21(28)27(14-15-6-9-18(24)10-7-15)22(30-20)26-25-13-16-12-17(23)8-11-19(16)29-2/h6-13,20H,3-5,14H2,1-2H3/b25-13+,26-22-. The Bertz CT molecular complexity index is 950. The highest BCUT2D eigenvalue weighted by Crippen LogP contribution is 2.32. The second kappa shape index (κ2) is 10.7. The number of hydrogen-bond donors (Lipinski definition) is 0. The molecule has 0 N–H and O–H groups in total. The minimum Gasteiger partial charge on any atom is -0.496 e. The molecule has 1 aliphatic rings. The van der Waals surface area contributed by atoms with Crippen molar-refractivity contribution in [2.24, 2.45) is 10.2 Å². The van der Waals surface area contributed by atoms with Crippen LogP contribution in [0.4, 0.5) is 4.39 Å². The second-order valence-electron chi connectivity index (χ2n) is 6.81. The first-order valence-corrected chi connectivity index (χ1v) is 11.4. The van der Waals surface area contributed by atoms with E-state index in [9.17, 15) is 9.18 Å². The molecule has 5 nitrogen and oxygen atoms in total. The number of benzene rings is 2. The maximum atomic E-state index is 13.2. The van der Waals surface area contributed by atoms with Crippen LogP contribution in [0.25, 0.3) is 0 Å². The Morgan fingerprint density at radius 1 is 1.27 bits per heavy atom. The van der Waals surface area contributed by atoms with Gasteiger partial charge in [-0.2, -0.15) is 5.10 Å². The molecule has 0 aromatic heterocycles. The molecular weight excluding hydrogens is 469 g/mol. The molecule has 0 saturated carbocycles. The monoisotopic (exact) mass is 491 g/mol. The van der Waals surface area contributed by atoms with Crippen molar-refractivity contribution in [3.8, 4) is 5.75 Å². The molecule has 1 fully saturated rings. The number of nitrogens with zero attached hydrogens (tertiary/aromatic N) is 3. The van der Waals surface area contributed by atoms with Gasteiger partial charge >= 0.3 is 0 Å². The van der Waals surface area contributed by atoms with Crippen LogP contribution in [0.5, 0.6) is 5.75 Å². The Labute approximate surface area is 188 Å². The molecule has 1 saturated heterocycles. The smallest absolute Gasteiger partial charge is 0.242 e. The highest BCUT2D eigenvalue weighted by molar-refractivity contribution is 9.10. The van der Waals surface area contributed by atoms with Crippen molar-refractivity contribution in [1.82, 2.24) is 4.90 Å². The summed E-state index contributed by atoms with van der Waals surface area (Å²) in [6.07, 6.45) is 4.40. The third-order valence-electron chi connectivity index (χ3n) is 4.63. The Morgan fingerprint density at radius 2 is 2.03 bits per heavy atom. The van der Waals surface area contributed by atoms with Crippen LogP contribution >= 0.6 is 27.7 Å². The molecule has 1 heterocycles. The molecule has 2 aromatic carbocycles. The summed E-state index contributed by atoms with van der Waals surface area (Å²) in [4.78, 5) is 14.6. The lowest BCUT2D eigenvalue weighted by atomic mass is 10.1. The van der Waals surface area contributed by atoms with Crippen molar-refractivity contribution in [2.75, 3.05) is 7.11 Å². The Kier molecular flexibility index (Phi) is 8.04. The molecule has 0 aliphatic carbocycles. The Balaban J connectivity index is 1.83. The number of thioether (sulfide) groups is 1. The number of methoxy groups -OCH3 is 1. The minimum absolute atomic E-state index is 0.0201. The average Bonchev–Trinajstić information content (AvgIpc) is 3.03. The van der Waals surface area contributed by atoms with Gasteiger partial charge in [-0.25, -0.2) is 4.39 Å². The summed E-state index contributed by atoms with van der Waals surface area (Å²) in [7, 11) is 1.60. The first-order valence-electron chi connectivity index (χ1n) is 9.69.